The van der Waals surface area contributed by atoms with Crippen LogP contribution >= 0.6 is 0 Å². The first-order chi connectivity index (χ1) is 17.0. The Morgan fingerprint density at radius 1 is 0.886 bits per heavy atom. The number of rotatable bonds is 7. The first-order valence-electron chi connectivity index (χ1n) is 13.1. The molecule has 6 nitrogen and oxygen atoms in total. The Bertz CT molecular complexity index is 1150. The van der Waals surface area contributed by atoms with Crippen LogP contribution in [0, 0.1) is 5.92 Å². The van der Waals surface area contributed by atoms with Crippen molar-refractivity contribution < 1.29 is 19.5 Å². The van der Waals surface area contributed by atoms with E-state index in [4.69, 9.17) is 5.11 Å². The lowest BCUT2D eigenvalue weighted by atomic mass is 9.81. The molecule has 6 heteroatoms. The van der Waals surface area contributed by atoms with Crippen molar-refractivity contribution in [3.63, 3.8) is 0 Å². The van der Waals surface area contributed by atoms with Crippen LogP contribution in [0.5, 0.6) is 0 Å². The first kappa shape index (κ1) is 22.3. The van der Waals surface area contributed by atoms with E-state index in [1.807, 2.05) is 40.1 Å². The van der Waals surface area contributed by atoms with Crippen LogP contribution in [0.15, 0.2) is 48.5 Å². The third kappa shape index (κ3) is 4.13. The standard InChI is InChI=1S/C29H32N2O4/c32-26(16-17-27(33)34)30(21-14-15-21)28-22-4-1-2-6-24(22)31(25-7-3-5-23(25)28)29(35)20-12-10-19(11-13-20)18-8-9-18/h1-2,4,6,10-13,18,21,23,25,28H,3,5,7-9,14-17H2,(H,33,34). The van der Waals surface area contributed by atoms with E-state index in [0.29, 0.717) is 11.5 Å². The molecule has 1 N–H and O–H groups in total. The summed E-state index contributed by atoms with van der Waals surface area (Å²) in [5.74, 6) is -0.168. The second-order valence-electron chi connectivity index (χ2n) is 10.7. The Kier molecular flexibility index (Phi) is 5.62. The molecule has 35 heavy (non-hydrogen) atoms. The summed E-state index contributed by atoms with van der Waals surface area (Å²) in [5.41, 5.74) is 3.95. The Balaban J connectivity index is 1.37. The van der Waals surface area contributed by atoms with E-state index in [1.54, 1.807) is 0 Å². The molecule has 0 saturated heterocycles. The molecule has 1 heterocycles. The molecule has 0 bridgehead atoms. The lowest BCUT2D eigenvalue weighted by Crippen LogP contribution is -2.52. The van der Waals surface area contributed by atoms with E-state index in [-0.39, 0.29) is 48.7 Å². The Labute approximate surface area is 205 Å². The molecule has 0 radical (unpaired) electrons. The Hall–Kier alpha value is -3.15. The highest BCUT2D eigenvalue weighted by molar-refractivity contribution is 6.07. The first-order valence-corrected chi connectivity index (χ1v) is 13.1. The fourth-order valence-electron chi connectivity index (χ4n) is 6.38. The quantitative estimate of drug-likeness (QED) is 0.594. The van der Waals surface area contributed by atoms with E-state index in [9.17, 15) is 14.4 Å². The molecular formula is C29H32N2O4. The Morgan fingerprint density at radius 2 is 1.63 bits per heavy atom. The van der Waals surface area contributed by atoms with Gasteiger partial charge >= 0.3 is 5.97 Å². The second kappa shape index (κ2) is 8.81. The molecule has 3 atom stereocenters. The molecule has 1 aliphatic heterocycles. The van der Waals surface area contributed by atoms with E-state index in [2.05, 4.69) is 18.2 Å². The maximum atomic E-state index is 13.9. The van der Waals surface area contributed by atoms with Crippen molar-refractivity contribution in [2.75, 3.05) is 4.90 Å². The van der Waals surface area contributed by atoms with E-state index < -0.39 is 5.97 Å². The van der Waals surface area contributed by atoms with Gasteiger partial charge in [0.05, 0.1) is 12.5 Å². The van der Waals surface area contributed by atoms with E-state index in [0.717, 1.165) is 43.4 Å². The summed E-state index contributed by atoms with van der Waals surface area (Å²) in [4.78, 5) is 42.4. The monoisotopic (exact) mass is 472 g/mol. The van der Waals surface area contributed by atoms with Gasteiger partial charge in [-0.1, -0.05) is 36.8 Å². The molecule has 2 amide bonds. The molecule has 4 aliphatic rings. The van der Waals surface area contributed by atoms with Crippen LogP contribution in [0.4, 0.5) is 5.69 Å². The van der Waals surface area contributed by atoms with Gasteiger partial charge in [-0.05, 0) is 73.8 Å². The molecule has 3 saturated carbocycles. The number of carbonyl (C=O) groups is 3. The average molecular weight is 473 g/mol. The van der Waals surface area contributed by atoms with Crippen LogP contribution in [0.1, 0.15) is 91.2 Å². The zero-order valence-electron chi connectivity index (χ0n) is 19.9. The third-order valence-corrected chi connectivity index (χ3v) is 8.29. The molecule has 3 fully saturated rings. The van der Waals surface area contributed by atoms with Crippen LogP contribution in [0.2, 0.25) is 0 Å². The predicted octanol–water partition coefficient (Wildman–Crippen LogP) is 5.29. The minimum Gasteiger partial charge on any atom is -0.481 e. The minimum atomic E-state index is -0.943. The topological polar surface area (TPSA) is 77.9 Å². The zero-order valence-corrected chi connectivity index (χ0v) is 19.9. The van der Waals surface area contributed by atoms with Crippen LogP contribution in [-0.4, -0.2) is 39.9 Å². The fourth-order valence-corrected chi connectivity index (χ4v) is 6.38. The van der Waals surface area contributed by atoms with Gasteiger partial charge in [0, 0.05) is 35.7 Å². The van der Waals surface area contributed by atoms with Crippen molar-refractivity contribution in [2.45, 2.75) is 81.8 Å². The van der Waals surface area contributed by atoms with Gasteiger partial charge < -0.3 is 14.9 Å². The number of aliphatic carboxylic acids is 1. The lowest BCUT2D eigenvalue weighted by molar-refractivity contribution is -0.142. The summed E-state index contributed by atoms with van der Waals surface area (Å²) in [6, 6.07) is 16.3. The summed E-state index contributed by atoms with van der Waals surface area (Å²) in [5, 5.41) is 9.16. The number of benzene rings is 2. The fraction of sp³-hybridized carbons (Fsp3) is 0.483. The third-order valence-electron chi connectivity index (χ3n) is 8.29. The van der Waals surface area contributed by atoms with Gasteiger partial charge in [0.2, 0.25) is 5.91 Å². The van der Waals surface area contributed by atoms with Crippen molar-refractivity contribution in [3.8, 4) is 0 Å². The van der Waals surface area contributed by atoms with Crippen molar-refractivity contribution in [1.29, 1.82) is 0 Å². The number of carboxylic acids is 1. The normalized spacial score (nSPS) is 25.0. The number of carboxylic acid groups (broad SMARTS) is 1. The summed E-state index contributed by atoms with van der Waals surface area (Å²) in [7, 11) is 0. The summed E-state index contributed by atoms with van der Waals surface area (Å²) < 4.78 is 0. The van der Waals surface area contributed by atoms with Gasteiger partial charge in [0.1, 0.15) is 0 Å². The molecule has 6 rings (SSSR count). The van der Waals surface area contributed by atoms with Crippen LogP contribution in [0.3, 0.4) is 0 Å². The number of hydrogen-bond acceptors (Lipinski definition) is 3. The number of nitrogens with zero attached hydrogens (tertiary/aromatic N) is 2. The van der Waals surface area contributed by atoms with Gasteiger partial charge in [-0.25, -0.2) is 0 Å². The highest BCUT2D eigenvalue weighted by Crippen LogP contribution is 2.53. The largest absolute Gasteiger partial charge is 0.481 e. The predicted molar refractivity (Wildman–Crippen MR) is 132 cm³/mol. The van der Waals surface area contributed by atoms with Crippen LogP contribution in [0.25, 0.3) is 0 Å². The maximum absolute atomic E-state index is 13.9. The zero-order chi connectivity index (χ0) is 24.1. The average Bonchev–Trinajstić information content (AvgIpc) is 3.81. The number of hydrogen-bond donors (Lipinski definition) is 1. The van der Waals surface area contributed by atoms with Gasteiger partial charge in [0.15, 0.2) is 0 Å². The SMILES string of the molecule is O=C(O)CCC(=O)N(C1CC1)C1c2ccccc2N(C(=O)c2ccc(C3CC3)cc2)C2CCCC21. The molecule has 2 aromatic carbocycles. The highest BCUT2D eigenvalue weighted by Gasteiger charge is 2.51. The van der Waals surface area contributed by atoms with Crippen molar-refractivity contribution in [2.24, 2.45) is 5.92 Å². The van der Waals surface area contributed by atoms with Crippen molar-refractivity contribution in [1.82, 2.24) is 4.90 Å². The maximum Gasteiger partial charge on any atom is 0.303 e. The van der Waals surface area contributed by atoms with Crippen molar-refractivity contribution >= 4 is 23.5 Å². The van der Waals surface area contributed by atoms with Gasteiger partial charge in [-0.3, -0.25) is 14.4 Å². The van der Waals surface area contributed by atoms with Gasteiger partial charge in [-0.15, -0.1) is 0 Å². The molecule has 3 aliphatic carbocycles. The van der Waals surface area contributed by atoms with Crippen LogP contribution < -0.4 is 4.90 Å². The number of amides is 2. The lowest BCUT2D eigenvalue weighted by Gasteiger charge is -2.48. The van der Waals surface area contributed by atoms with Gasteiger partial charge in [0.25, 0.3) is 5.91 Å². The molecule has 3 unspecified atom stereocenters. The van der Waals surface area contributed by atoms with E-state index >= 15 is 0 Å². The minimum absolute atomic E-state index is 0.0257. The Morgan fingerprint density at radius 3 is 2.31 bits per heavy atom. The molecule has 0 aromatic heterocycles. The summed E-state index contributed by atoms with van der Waals surface area (Å²) in [6.07, 6.45) is 7.18. The number of anilines is 1. The molecular weight excluding hydrogens is 440 g/mol. The van der Waals surface area contributed by atoms with E-state index in [1.165, 1.54) is 18.4 Å². The molecule has 2 aromatic rings. The van der Waals surface area contributed by atoms with Crippen LogP contribution in [-0.2, 0) is 9.59 Å². The summed E-state index contributed by atoms with van der Waals surface area (Å²) >= 11 is 0. The number of fused-ring (bicyclic) bond motifs is 2. The molecule has 182 valence electrons. The number of para-hydroxylation sites is 1. The highest BCUT2D eigenvalue weighted by atomic mass is 16.4. The summed E-state index contributed by atoms with van der Waals surface area (Å²) in [6.45, 7) is 0. The molecule has 0 spiro atoms. The second-order valence-corrected chi connectivity index (χ2v) is 10.7. The van der Waals surface area contributed by atoms with Gasteiger partial charge in [-0.2, -0.15) is 0 Å². The smallest absolute Gasteiger partial charge is 0.303 e. The van der Waals surface area contributed by atoms with Crippen molar-refractivity contribution in [3.05, 3.63) is 65.2 Å². The number of carbonyl (C=O) groups excluding carboxylic acids is 2.